The standard InChI is InChI=1S/C26H27NO3/c1-4-18(2)23-12-8-9-13-24(23)27-26(29)19(3)30-22-16-14-21(15-17-22)25(28)20-10-6-5-7-11-20/h5-19H,4H2,1-3H3,(H,27,29)/t18-,19+/m0/s1. The number of ketones is 1. The van der Waals surface area contributed by atoms with Crippen LogP contribution in [0.5, 0.6) is 5.75 Å². The zero-order chi connectivity index (χ0) is 21.5. The Morgan fingerprint density at radius 3 is 2.10 bits per heavy atom. The van der Waals surface area contributed by atoms with E-state index in [1.165, 1.54) is 0 Å². The van der Waals surface area contributed by atoms with Crippen LogP contribution < -0.4 is 10.1 Å². The molecule has 3 aromatic carbocycles. The van der Waals surface area contributed by atoms with Crippen LogP contribution in [0.1, 0.15) is 54.6 Å². The van der Waals surface area contributed by atoms with Crippen molar-refractivity contribution in [3.63, 3.8) is 0 Å². The molecule has 4 heteroatoms. The van der Waals surface area contributed by atoms with Gasteiger partial charge in [-0.25, -0.2) is 0 Å². The van der Waals surface area contributed by atoms with Gasteiger partial charge in [0.15, 0.2) is 11.9 Å². The van der Waals surface area contributed by atoms with Crippen molar-refractivity contribution in [1.82, 2.24) is 0 Å². The Labute approximate surface area is 177 Å². The molecule has 1 N–H and O–H groups in total. The lowest BCUT2D eigenvalue weighted by atomic mass is 9.97. The van der Waals surface area contributed by atoms with Crippen LogP contribution >= 0.6 is 0 Å². The van der Waals surface area contributed by atoms with Crippen molar-refractivity contribution < 1.29 is 14.3 Å². The normalized spacial score (nSPS) is 12.6. The Kier molecular flexibility index (Phi) is 7.02. The Hall–Kier alpha value is -3.40. The first-order valence-electron chi connectivity index (χ1n) is 10.3. The highest BCUT2D eigenvalue weighted by Gasteiger charge is 2.18. The second-order valence-corrected chi connectivity index (χ2v) is 7.37. The van der Waals surface area contributed by atoms with Crippen molar-refractivity contribution in [1.29, 1.82) is 0 Å². The molecule has 0 bridgehead atoms. The van der Waals surface area contributed by atoms with Crippen LogP contribution in [0.2, 0.25) is 0 Å². The summed E-state index contributed by atoms with van der Waals surface area (Å²) in [6, 6.07) is 23.8. The van der Waals surface area contributed by atoms with Gasteiger partial charge in [0.25, 0.3) is 5.91 Å². The van der Waals surface area contributed by atoms with E-state index in [4.69, 9.17) is 4.74 Å². The van der Waals surface area contributed by atoms with Crippen molar-refractivity contribution in [3.8, 4) is 5.75 Å². The lowest BCUT2D eigenvalue weighted by molar-refractivity contribution is -0.122. The van der Waals surface area contributed by atoms with E-state index >= 15 is 0 Å². The molecule has 154 valence electrons. The maximum atomic E-state index is 12.6. The molecule has 3 rings (SSSR count). The van der Waals surface area contributed by atoms with Crippen molar-refractivity contribution in [2.75, 3.05) is 5.32 Å². The van der Waals surface area contributed by atoms with Gasteiger partial charge in [0.1, 0.15) is 5.75 Å². The van der Waals surface area contributed by atoms with E-state index in [1.54, 1.807) is 43.3 Å². The number of carbonyl (C=O) groups excluding carboxylic acids is 2. The Balaban J connectivity index is 1.64. The molecule has 0 unspecified atom stereocenters. The monoisotopic (exact) mass is 401 g/mol. The van der Waals surface area contributed by atoms with E-state index in [0.29, 0.717) is 22.8 Å². The fraction of sp³-hybridized carbons (Fsp3) is 0.231. The number of hydrogen-bond acceptors (Lipinski definition) is 3. The molecule has 3 aromatic rings. The van der Waals surface area contributed by atoms with E-state index in [1.807, 2.05) is 42.5 Å². The third kappa shape index (κ3) is 5.15. The first kappa shape index (κ1) is 21.3. The maximum absolute atomic E-state index is 12.6. The summed E-state index contributed by atoms with van der Waals surface area (Å²) in [6.07, 6.45) is 0.318. The third-order valence-electron chi connectivity index (χ3n) is 5.20. The minimum Gasteiger partial charge on any atom is -0.481 e. The highest BCUT2D eigenvalue weighted by Crippen LogP contribution is 2.27. The first-order chi connectivity index (χ1) is 14.5. The highest BCUT2D eigenvalue weighted by molar-refractivity contribution is 6.09. The fourth-order valence-corrected chi connectivity index (χ4v) is 3.19. The van der Waals surface area contributed by atoms with E-state index in [9.17, 15) is 9.59 Å². The fourth-order valence-electron chi connectivity index (χ4n) is 3.19. The molecule has 0 saturated heterocycles. The molecule has 0 fully saturated rings. The summed E-state index contributed by atoms with van der Waals surface area (Å²) < 4.78 is 5.79. The van der Waals surface area contributed by atoms with Crippen LogP contribution in [0.4, 0.5) is 5.69 Å². The summed E-state index contributed by atoms with van der Waals surface area (Å²) >= 11 is 0. The van der Waals surface area contributed by atoms with Gasteiger partial charge in [0.05, 0.1) is 0 Å². The second-order valence-electron chi connectivity index (χ2n) is 7.37. The maximum Gasteiger partial charge on any atom is 0.265 e. The Bertz CT molecular complexity index is 996. The number of rotatable bonds is 8. The van der Waals surface area contributed by atoms with Crippen molar-refractivity contribution in [2.45, 2.75) is 39.2 Å². The summed E-state index contributed by atoms with van der Waals surface area (Å²) in [6.45, 7) is 5.98. The molecule has 0 aliphatic rings. The largest absolute Gasteiger partial charge is 0.481 e. The molecule has 4 nitrogen and oxygen atoms in total. The van der Waals surface area contributed by atoms with Gasteiger partial charge in [-0.1, -0.05) is 62.4 Å². The van der Waals surface area contributed by atoms with Gasteiger partial charge in [-0.3, -0.25) is 9.59 Å². The van der Waals surface area contributed by atoms with E-state index in [-0.39, 0.29) is 11.7 Å². The number of para-hydroxylation sites is 1. The van der Waals surface area contributed by atoms with Crippen molar-refractivity contribution in [2.24, 2.45) is 0 Å². The molecule has 0 radical (unpaired) electrons. The van der Waals surface area contributed by atoms with Gasteiger partial charge >= 0.3 is 0 Å². The van der Waals surface area contributed by atoms with Crippen LogP contribution in [-0.4, -0.2) is 17.8 Å². The number of ether oxygens (including phenoxy) is 1. The second kappa shape index (κ2) is 9.88. The van der Waals surface area contributed by atoms with E-state index in [2.05, 4.69) is 19.2 Å². The number of hydrogen-bond donors (Lipinski definition) is 1. The minimum absolute atomic E-state index is 0.0467. The molecule has 0 saturated carbocycles. The van der Waals surface area contributed by atoms with Gasteiger partial charge in [0.2, 0.25) is 0 Å². The average molecular weight is 402 g/mol. The van der Waals surface area contributed by atoms with Crippen molar-refractivity contribution in [3.05, 3.63) is 95.6 Å². The zero-order valence-corrected chi connectivity index (χ0v) is 17.6. The Morgan fingerprint density at radius 1 is 0.833 bits per heavy atom. The number of amides is 1. The summed E-state index contributed by atoms with van der Waals surface area (Å²) in [5.74, 6) is 0.634. The number of anilines is 1. The minimum atomic E-state index is -0.675. The molecule has 0 aromatic heterocycles. The lowest BCUT2D eigenvalue weighted by Gasteiger charge is -2.18. The van der Waals surface area contributed by atoms with E-state index in [0.717, 1.165) is 17.7 Å². The molecule has 2 atom stereocenters. The van der Waals surface area contributed by atoms with Gasteiger partial charge < -0.3 is 10.1 Å². The number of carbonyl (C=O) groups is 2. The SMILES string of the molecule is CC[C@H](C)c1ccccc1NC(=O)[C@@H](C)Oc1ccc(C(=O)c2ccccc2)cc1. The molecule has 0 heterocycles. The van der Waals surface area contributed by atoms with Crippen LogP contribution in [0.25, 0.3) is 0 Å². The zero-order valence-electron chi connectivity index (χ0n) is 17.6. The third-order valence-corrected chi connectivity index (χ3v) is 5.20. The van der Waals surface area contributed by atoms with Gasteiger partial charge in [0, 0.05) is 16.8 Å². The smallest absolute Gasteiger partial charge is 0.265 e. The van der Waals surface area contributed by atoms with Crippen LogP contribution in [0.15, 0.2) is 78.9 Å². The topological polar surface area (TPSA) is 55.4 Å². The average Bonchev–Trinajstić information content (AvgIpc) is 2.79. The molecule has 0 spiro atoms. The summed E-state index contributed by atoms with van der Waals surface area (Å²) in [5.41, 5.74) is 3.15. The van der Waals surface area contributed by atoms with Crippen molar-refractivity contribution >= 4 is 17.4 Å². The predicted molar refractivity (Wildman–Crippen MR) is 120 cm³/mol. The summed E-state index contributed by atoms with van der Waals surface area (Å²) in [4.78, 5) is 25.1. The van der Waals surface area contributed by atoms with Gasteiger partial charge in [-0.2, -0.15) is 0 Å². The molecule has 0 aliphatic heterocycles. The van der Waals surface area contributed by atoms with Crippen LogP contribution in [0, 0.1) is 0 Å². The molecular weight excluding hydrogens is 374 g/mol. The molecular formula is C26H27NO3. The quantitative estimate of drug-likeness (QED) is 0.483. The lowest BCUT2D eigenvalue weighted by Crippen LogP contribution is -2.30. The van der Waals surface area contributed by atoms with Gasteiger partial charge in [-0.05, 0) is 55.2 Å². The number of benzene rings is 3. The van der Waals surface area contributed by atoms with Gasteiger partial charge in [-0.15, -0.1) is 0 Å². The highest BCUT2D eigenvalue weighted by atomic mass is 16.5. The Morgan fingerprint density at radius 2 is 1.43 bits per heavy atom. The summed E-state index contributed by atoms with van der Waals surface area (Å²) in [5, 5.41) is 2.98. The van der Waals surface area contributed by atoms with E-state index < -0.39 is 6.10 Å². The summed E-state index contributed by atoms with van der Waals surface area (Å²) in [7, 11) is 0. The number of nitrogens with one attached hydrogen (secondary N) is 1. The molecule has 1 amide bonds. The molecule has 30 heavy (non-hydrogen) atoms. The first-order valence-corrected chi connectivity index (χ1v) is 10.3. The molecule has 0 aliphatic carbocycles. The van der Waals surface area contributed by atoms with Crippen LogP contribution in [0.3, 0.4) is 0 Å². The van der Waals surface area contributed by atoms with Crippen LogP contribution in [-0.2, 0) is 4.79 Å². The predicted octanol–water partition coefficient (Wildman–Crippen LogP) is 5.84.